The molecule has 202 valence electrons. The molecule has 2 saturated heterocycles. The highest BCUT2D eigenvalue weighted by Gasteiger charge is 2.50. The maximum absolute atomic E-state index is 13.1. The molecule has 3 aromatic rings. The average Bonchev–Trinajstić information content (AvgIpc) is 3.61. The van der Waals surface area contributed by atoms with Gasteiger partial charge in [0.05, 0.1) is 17.9 Å². The van der Waals surface area contributed by atoms with Gasteiger partial charge in [-0.3, -0.25) is 14.8 Å². The molecule has 10 heteroatoms. The molecular formula is C28H31F3N4O3. The summed E-state index contributed by atoms with van der Waals surface area (Å²) >= 11 is 0. The van der Waals surface area contributed by atoms with Crippen molar-refractivity contribution in [2.24, 2.45) is 5.73 Å². The number of nitrogens with one attached hydrogen (secondary N) is 1. The Bertz CT molecular complexity index is 1250. The van der Waals surface area contributed by atoms with Gasteiger partial charge in [-0.15, -0.1) is 0 Å². The number of likely N-dealkylation sites (tertiary alicyclic amines) is 1. The van der Waals surface area contributed by atoms with Crippen LogP contribution in [0.4, 0.5) is 13.2 Å². The minimum absolute atomic E-state index is 0.0205. The largest absolute Gasteiger partial charge is 0.489 e. The van der Waals surface area contributed by atoms with E-state index in [4.69, 9.17) is 15.2 Å². The first-order valence-corrected chi connectivity index (χ1v) is 12.8. The van der Waals surface area contributed by atoms with E-state index in [0.29, 0.717) is 39.0 Å². The number of primary amides is 1. The number of amides is 1. The Labute approximate surface area is 219 Å². The van der Waals surface area contributed by atoms with Crippen LogP contribution in [0.3, 0.4) is 0 Å². The molecule has 3 heterocycles. The second kappa shape index (κ2) is 10.4. The summed E-state index contributed by atoms with van der Waals surface area (Å²) in [6, 6.07) is 13.1. The van der Waals surface area contributed by atoms with E-state index in [0.717, 1.165) is 28.8 Å². The van der Waals surface area contributed by atoms with E-state index >= 15 is 0 Å². The molecule has 7 nitrogen and oxygen atoms in total. The summed E-state index contributed by atoms with van der Waals surface area (Å²) in [5, 5.41) is 6.81. The molecule has 2 unspecified atom stereocenters. The molecule has 0 saturated carbocycles. The van der Waals surface area contributed by atoms with Gasteiger partial charge in [-0.1, -0.05) is 37.3 Å². The number of hydrogen-bond acceptors (Lipinski definition) is 5. The van der Waals surface area contributed by atoms with Crippen molar-refractivity contribution < 1.29 is 27.4 Å². The van der Waals surface area contributed by atoms with E-state index in [9.17, 15) is 18.0 Å². The number of aromatic nitrogens is 2. The van der Waals surface area contributed by atoms with Crippen molar-refractivity contribution in [3.8, 4) is 16.9 Å². The second-order valence-corrected chi connectivity index (χ2v) is 10.2. The number of halogens is 3. The number of ether oxygens (including phenoxy) is 2. The fourth-order valence-electron chi connectivity index (χ4n) is 5.61. The number of alkyl halides is 3. The van der Waals surface area contributed by atoms with Crippen LogP contribution in [0.25, 0.3) is 11.1 Å². The second-order valence-electron chi connectivity index (χ2n) is 10.2. The van der Waals surface area contributed by atoms with Gasteiger partial charge in [-0.25, -0.2) is 0 Å². The zero-order valence-electron chi connectivity index (χ0n) is 21.1. The van der Waals surface area contributed by atoms with Gasteiger partial charge in [0.1, 0.15) is 17.4 Å². The fraction of sp³-hybridized carbons (Fsp3) is 0.429. The van der Waals surface area contributed by atoms with Gasteiger partial charge >= 0.3 is 6.18 Å². The van der Waals surface area contributed by atoms with E-state index in [-0.39, 0.29) is 23.9 Å². The number of aromatic amines is 1. The van der Waals surface area contributed by atoms with Crippen LogP contribution >= 0.6 is 0 Å². The van der Waals surface area contributed by atoms with Crippen LogP contribution in [0.2, 0.25) is 0 Å². The molecule has 0 bridgehead atoms. The molecule has 2 fully saturated rings. The number of nitrogens with zero attached hydrogens (tertiary/aromatic N) is 2. The summed E-state index contributed by atoms with van der Waals surface area (Å²) in [6.45, 7) is 3.44. The van der Waals surface area contributed by atoms with Gasteiger partial charge < -0.3 is 15.2 Å². The SMILES string of the molecule is C[C@@H](c1ccc(-c2cn[nH]c2)cc1)C1CC(C(N)=O)(N2CC[C@@H](Oc3cccc(C(F)(F)F)c3)C2)CCO1. The number of rotatable bonds is 7. The van der Waals surface area contributed by atoms with Crippen molar-refractivity contribution in [3.05, 3.63) is 72.1 Å². The summed E-state index contributed by atoms with van der Waals surface area (Å²) in [5.41, 5.74) is 7.50. The maximum Gasteiger partial charge on any atom is 0.416 e. The quantitative estimate of drug-likeness (QED) is 0.462. The predicted molar refractivity (Wildman–Crippen MR) is 135 cm³/mol. The molecule has 2 aliphatic heterocycles. The average molecular weight is 529 g/mol. The third-order valence-electron chi connectivity index (χ3n) is 7.89. The number of hydrogen-bond donors (Lipinski definition) is 2. The van der Waals surface area contributed by atoms with Crippen molar-refractivity contribution >= 4 is 5.91 Å². The van der Waals surface area contributed by atoms with Crippen LogP contribution in [0.15, 0.2) is 60.9 Å². The van der Waals surface area contributed by atoms with E-state index in [2.05, 4.69) is 29.3 Å². The van der Waals surface area contributed by atoms with Gasteiger partial charge in [0, 0.05) is 43.8 Å². The Morgan fingerprint density at radius 2 is 2.03 bits per heavy atom. The Hall–Kier alpha value is -3.37. The molecule has 0 spiro atoms. The molecule has 1 amide bonds. The summed E-state index contributed by atoms with van der Waals surface area (Å²) in [7, 11) is 0. The third-order valence-corrected chi connectivity index (χ3v) is 7.89. The minimum atomic E-state index is -4.44. The van der Waals surface area contributed by atoms with Gasteiger partial charge in [0.2, 0.25) is 5.91 Å². The first-order chi connectivity index (χ1) is 18.2. The lowest BCUT2D eigenvalue weighted by atomic mass is 9.79. The standard InChI is InChI=1S/C28H31F3N4O3/c1-18(19-5-7-20(8-6-19)21-15-33-34-16-21)25-14-27(26(32)36,10-12-37-25)35-11-9-24(17-35)38-23-4-2-3-22(13-23)28(29,30)31/h2-8,13,15-16,18,24-25H,9-12,14,17H2,1H3,(H2,32,36)(H,33,34)/t18-,24+,25?,27?/m0/s1. The Kier molecular flexibility index (Phi) is 7.19. The monoisotopic (exact) mass is 528 g/mol. The van der Waals surface area contributed by atoms with Crippen LogP contribution in [0.5, 0.6) is 5.75 Å². The Balaban J connectivity index is 1.28. The molecule has 0 radical (unpaired) electrons. The van der Waals surface area contributed by atoms with Crippen molar-refractivity contribution in [1.29, 1.82) is 0 Å². The van der Waals surface area contributed by atoms with Crippen LogP contribution in [-0.4, -0.2) is 58.4 Å². The molecule has 2 aromatic carbocycles. The summed E-state index contributed by atoms with van der Waals surface area (Å²) in [5.74, 6) is -0.225. The zero-order chi connectivity index (χ0) is 26.9. The van der Waals surface area contributed by atoms with Gasteiger partial charge in [-0.05, 0) is 42.2 Å². The van der Waals surface area contributed by atoms with Crippen molar-refractivity contribution in [2.75, 3.05) is 19.7 Å². The van der Waals surface area contributed by atoms with E-state index in [1.54, 1.807) is 6.20 Å². The molecule has 3 N–H and O–H groups in total. The van der Waals surface area contributed by atoms with Crippen LogP contribution < -0.4 is 10.5 Å². The predicted octanol–water partition coefficient (Wildman–Crippen LogP) is 4.76. The number of nitrogens with two attached hydrogens (primary N) is 1. The lowest BCUT2D eigenvalue weighted by Crippen LogP contribution is -2.61. The highest BCUT2D eigenvalue weighted by molar-refractivity contribution is 5.85. The number of carbonyl (C=O) groups is 1. The topological polar surface area (TPSA) is 93.5 Å². The van der Waals surface area contributed by atoms with Gasteiger partial charge in [0.15, 0.2) is 0 Å². The fourth-order valence-corrected chi connectivity index (χ4v) is 5.61. The first kappa shape index (κ1) is 26.2. The maximum atomic E-state index is 13.1. The van der Waals surface area contributed by atoms with Gasteiger partial charge in [-0.2, -0.15) is 18.3 Å². The zero-order valence-corrected chi connectivity index (χ0v) is 21.1. The molecular weight excluding hydrogens is 497 g/mol. The van der Waals surface area contributed by atoms with Crippen LogP contribution in [0, 0.1) is 0 Å². The van der Waals surface area contributed by atoms with Crippen molar-refractivity contribution in [1.82, 2.24) is 15.1 Å². The summed E-state index contributed by atoms with van der Waals surface area (Å²) in [4.78, 5) is 15.0. The van der Waals surface area contributed by atoms with Gasteiger partial charge in [0.25, 0.3) is 0 Å². The molecule has 0 aliphatic carbocycles. The molecule has 5 rings (SSSR count). The van der Waals surface area contributed by atoms with E-state index < -0.39 is 23.2 Å². The number of benzene rings is 2. The molecule has 2 aliphatic rings. The van der Waals surface area contributed by atoms with Crippen molar-refractivity contribution in [3.63, 3.8) is 0 Å². The van der Waals surface area contributed by atoms with Crippen LogP contribution in [-0.2, 0) is 15.7 Å². The van der Waals surface area contributed by atoms with Crippen LogP contribution in [0.1, 0.15) is 43.2 Å². The van der Waals surface area contributed by atoms with E-state index in [1.807, 2.05) is 23.2 Å². The first-order valence-electron chi connectivity index (χ1n) is 12.8. The lowest BCUT2D eigenvalue weighted by Gasteiger charge is -2.46. The third kappa shape index (κ3) is 5.28. The number of carbonyl (C=O) groups excluding carboxylic acids is 1. The van der Waals surface area contributed by atoms with Crippen molar-refractivity contribution in [2.45, 2.75) is 56.0 Å². The smallest absolute Gasteiger partial charge is 0.416 e. The number of H-pyrrole nitrogens is 1. The Morgan fingerprint density at radius 3 is 2.71 bits per heavy atom. The minimum Gasteiger partial charge on any atom is -0.489 e. The lowest BCUT2D eigenvalue weighted by molar-refractivity contribution is -0.142. The summed E-state index contributed by atoms with van der Waals surface area (Å²) < 4.78 is 51.4. The summed E-state index contributed by atoms with van der Waals surface area (Å²) in [6.07, 6.45) is 0.0772. The highest BCUT2D eigenvalue weighted by atomic mass is 19.4. The highest BCUT2D eigenvalue weighted by Crippen LogP contribution is 2.39. The molecule has 1 aromatic heterocycles. The Morgan fingerprint density at radius 1 is 1.24 bits per heavy atom. The molecule has 38 heavy (non-hydrogen) atoms. The normalized spacial score (nSPS) is 25.3. The molecule has 4 atom stereocenters. The van der Waals surface area contributed by atoms with E-state index in [1.165, 1.54) is 12.1 Å².